The number of hydrogen-bond donors (Lipinski definition) is 1. The number of unbranched alkanes of at least 4 members (excludes halogenated alkanes) is 4. The van der Waals surface area contributed by atoms with Gasteiger partial charge in [-0.05, 0) is 32.4 Å². The molecule has 0 aliphatic heterocycles. The Kier molecular flexibility index (Phi) is 12.0. The van der Waals surface area contributed by atoms with Gasteiger partial charge in [0.05, 0.1) is 26.9 Å². The van der Waals surface area contributed by atoms with Gasteiger partial charge in [-0.1, -0.05) is 32.6 Å². The van der Waals surface area contributed by atoms with Crippen molar-refractivity contribution < 1.29 is 28.5 Å². The number of anilines is 1. The summed E-state index contributed by atoms with van der Waals surface area (Å²) in [5.41, 5.74) is 0.420. The molecule has 0 saturated heterocycles. The van der Waals surface area contributed by atoms with Crippen LogP contribution in [0.4, 0.5) is 5.69 Å². The highest BCUT2D eigenvalue weighted by Gasteiger charge is 2.21. The van der Waals surface area contributed by atoms with Crippen molar-refractivity contribution in [1.82, 2.24) is 0 Å². The number of nitrogens with one attached hydrogen (secondary N) is 1. The van der Waals surface area contributed by atoms with Gasteiger partial charge in [0, 0.05) is 18.0 Å². The molecule has 7 heteroatoms. The lowest BCUT2D eigenvalue weighted by Gasteiger charge is -2.13. The first-order chi connectivity index (χ1) is 14.1. The van der Waals surface area contributed by atoms with Gasteiger partial charge in [-0.25, -0.2) is 9.59 Å². The van der Waals surface area contributed by atoms with Crippen molar-refractivity contribution in [2.45, 2.75) is 52.9 Å². The number of hydrogen-bond acceptors (Lipinski definition) is 7. The summed E-state index contributed by atoms with van der Waals surface area (Å²) in [5, 5.41) is 2.92. The molecule has 0 aliphatic rings. The SMILES string of the molecule is CCCCCCCOc1ccc(NC=C(C(=O)OCC)C(=O)OCC)cc1OC. The Hall–Kier alpha value is -2.70. The summed E-state index contributed by atoms with van der Waals surface area (Å²) in [6.07, 6.45) is 7.09. The lowest BCUT2D eigenvalue weighted by Crippen LogP contribution is -2.19. The molecule has 0 spiro atoms. The van der Waals surface area contributed by atoms with E-state index in [-0.39, 0.29) is 18.8 Å². The molecule has 0 saturated carbocycles. The molecule has 162 valence electrons. The molecule has 1 aromatic rings. The molecule has 7 nitrogen and oxygen atoms in total. The van der Waals surface area contributed by atoms with Crippen LogP contribution in [0.5, 0.6) is 11.5 Å². The molecule has 0 aromatic heterocycles. The zero-order valence-corrected chi connectivity index (χ0v) is 17.9. The molecule has 0 bridgehead atoms. The topological polar surface area (TPSA) is 83.1 Å². The second-order valence-corrected chi connectivity index (χ2v) is 6.27. The van der Waals surface area contributed by atoms with Gasteiger partial charge in [0.15, 0.2) is 17.1 Å². The largest absolute Gasteiger partial charge is 0.493 e. The molecule has 0 heterocycles. The summed E-state index contributed by atoms with van der Waals surface area (Å²) in [5.74, 6) is -0.277. The quantitative estimate of drug-likeness (QED) is 0.160. The number of carbonyl (C=O) groups excluding carboxylic acids is 2. The minimum atomic E-state index is -0.742. The van der Waals surface area contributed by atoms with Crippen LogP contribution in [0.1, 0.15) is 52.9 Å². The fourth-order valence-corrected chi connectivity index (χ4v) is 2.54. The van der Waals surface area contributed by atoms with Crippen LogP contribution in [0.2, 0.25) is 0 Å². The first-order valence-corrected chi connectivity index (χ1v) is 10.2. The van der Waals surface area contributed by atoms with Crippen molar-refractivity contribution in [3.63, 3.8) is 0 Å². The van der Waals surface area contributed by atoms with Gasteiger partial charge in [-0.2, -0.15) is 0 Å². The van der Waals surface area contributed by atoms with Crippen LogP contribution >= 0.6 is 0 Å². The predicted octanol–water partition coefficient (Wildman–Crippen LogP) is 4.47. The van der Waals surface area contributed by atoms with Crippen LogP contribution in [-0.2, 0) is 19.1 Å². The highest BCUT2D eigenvalue weighted by atomic mass is 16.6. The number of esters is 2. The third-order valence-corrected chi connectivity index (χ3v) is 4.04. The lowest BCUT2D eigenvalue weighted by molar-refractivity contribution is -0.146. The summed E-state index contributed by atoms with van der Waals surface area (Å²) in [7, 11) is 1.56. The van der Waals surface area contributed by atoms with E-state index in [1.807, 2.05) is 0 Å². The Labute approximate surface area is 173 Å². The van der Waals surface area contributed by atoms with Crippen molar-refractivity contribution in [2.75, 3.05) is 32.2 Å². The highest BCUT2D eigenvalue weighted by molar-refractivity contribution is 6.14. The van der Waals surface area contributed by atoms with E-state index in [1.165, 1.54) is 25.5 Å². The Balaban J connectivity index is 2.78. The molecule has 1 rings (SSSR count). The summed E-state index contributed by atoms with van der Waals surface area (Å²) in [4.78, 5) is 24.0. The number of carbonyl (C=O) groups is 2. The molecule has 0 unspecified atom stereocenters. The molecular formula is C22H33NO6. The van der Waals surface area contributed by atoms with Crippen molar-refractivity contribution >= 4 is 17.6 Å². The van der Waals surface area contributed by atoms with Gasteiger partial charge < -0.3 is 24.3 Å². The summed E-state index contributed by atoms with van der Waals surface area (Å²) >= 11 is 0. The first kappa shape index (κ1) is 24.3. The molecule has 0 aliphatic carbocycles. The Bertz CT molecular complexity index is 651. The maximum atomic E-state index is 12.0. The van der Waals surface area contributed by atoms with E-state index in [4.69, 9.17) is 18.9 Å². The highest BCUT2D eigenvalue weighted by Crippen LogP contribution is 2.30. The van der Waals surface area contributed by atoms with Crippen molar-refractivity contribution in [1.29, 1.82) is 0 Å². The van der Waals surface area contributed by atoms with Gasteiger partial charge >= 0.3 is 11.9 Å². The lowest BCUT2D eigenvalue weighted by atomic mass is 10.2. The predicted molar refractivity (Wildman–Crippen MR) is 112 cm³/mol. The van der Waals surface area contributed by atoms with E-state index in [2.05, 4.69) is 12.2 Å². The normalized spacial score (nSPS) is 10.1. The summed E-state index contributed by atoms with van der Waals surface area (Å²) in [6.45, 7) is 6.47. The van der Waals surface area contributed by atoms with E-state index in [0.29, 0.717) is 23.8 Å². The second kappa shape index (κ2) is 14.3. The van der Waals surface area contributed by atoms with Gasteiger partial charge in [0.1, 0.15) is 0 Å². The third-order valence-electron chi connectivity index (χ3n) is 4.04. The molecule has 0 atom stereocenters. The van der Waals surface area contributed by atoms with E-state index in [1.54, 1.807) is 39.2 Å². The monoisotopic (exact) mass is 407 g/mol. The molecule has 0 radical (unpaired) electrons. The van der Waals surface area contributed by atoms with E-state index < -0.39 is 11.9 Å². The number of benzene rings is 1. The molecular weight excluding hydrogens is 374 g/mol. The molecule has 1 N–H and O–H groups in total. The summed E-state index contributed by atoms with van der Waals surface area (Å²) < 4.78 is 21.0. The van der Waals surface area contributed by atoms with Crippen LogP contribution in [0.3, 0.4) is 0 Å². The van der Waals surface area contributed by atoms with E-state index >= 15 is 0 Å². The van der Waals surface area contributed by atoms with Gasteiger partial charge in [-0.15, -0.1) is 0 Å². The molecule has 1 aromatic carbocycles. The fraction of sp³-hybridized carbons (Fsp3) is 0.545. The van der Waals surface area contributed by atoms with Crippen LogP contribution in [0, 0.1) is 0 Å². The van der Waals surface area contributed by atoms with Gasteiger partial charge in [-0.3, -0.25) is 0 Å². The second-order valence-electron chi connectivity index (χ2n) is 6.27. The van der Waals surface area contributed by atoms with Crippen molar-refractivity contribution in [3.05, 3.63) is 30.0 Å². The number of methoxy groups -OCH3 is 1. The van der Waals surface area contributed by atoms with Crippen LogP contribution in [0.25, 0.3) is 0 Å². The number of ether oxygens (including phenoxy) is 4. The van der Waals surface area contributed by atoms with Crippen LogP contribution < -0.4 is 14.8 Å². The van der Waals surface area contributed by atoms with E-state index in [9.17, 15) is 9.59 Å². The Morgan fingerprint density at radius 1 is 0.931 bits per heavy atom. The molecule has 0 fully saturated rings. The summed E-state index contributed by atoms with van der Waals surface area (Å²) in [6, 6.07) is 5.30. The average molecular weight is 408 g/mol. The van der Waals surface area contributed by atoms with Crippen molar-refractivity contribution in [3.8, 4) is 11.5 Å². The molecule has 0 amide bonds. The zero-order chi connectivity index (χ0) is 21.5. The smallest absolute Gasteiger partial charge is 0.347 e. The zero-order valence-electron chi connectivity index (χ0n) is 17.9. The van der Waals surface area contributed by atoms with Crippen molar-refractivity contribution in [2.24, 2.45) is 0 Å². The molecule has 29 heavy (non-hydrogen) atoms. The standard InChI is InChI=1S/C22H33NO6/c1-5-8-9-10-11-14-29-19-13-12-17(15-20(19)26-4)23-16-18(21(24)27-6-2)22(25)28-7-3/h12-13,15-16,23H,5-11,14H2,1-4H3. The minimum Gasteiger partial charge on any atom is -0.493 e. The van der Waals surface area contributed by atoms with Crippen LogP contribution in [-0.4, -0.2) is 38.9 Å². The number of rotatable bonds is 14. The maximum Gasteiger partial charge on any atom is 0.347 e. The Morgan fingerprint density at radius 2 is 1.59 bits per heavy atom. The third kappa shape index (κ3) is 8.89. The Morgan fingerprint density at radius 3 is 2.17 bits per heavy atom. The van der Waals surface area contributed by atoms with Gasteiger partial charge in [0.2, 0.25) is 0 Å². The maximum absolute atomic E-state index is 12.0. The van der Waals surface area contributed by atoms with Crippen LogP contribution in [0.15, 0.2) is 30.0 Å². The average Bonchev–Trinajstić information content (AvgIpc) is 2.71. The van der Waals surface area contributed by atoms with Gasteiger partial charge in [0.25, 0.3) is 0 Å². The van der Waals surface area contributed by atoms with E-state index in [0.717, 1.165) is 12.8 Å². The fourth-order valence-electron chi connectivity index (χ4n) is 2.54. The first-order valence-electron chi connectivity index (χ1n) is 10.2. The minimum absolute atomic E-state index is 0.161.